The van der Waals surface area contributed by atoms with E-state index >= 15 is 0 Å². The van der Waals surface area contributed by atoms with Gasteiger partial charge >= 0.3 is 5.97 Å². The van der Waals surface area contributed by atoms with Crippen LogP contribution in [0.15, 0.2) is 0 Å². The van der Waals surface area contributed by atoms with Crippen LogP contribution in [-0.2, 0) is 9.68 Å². The first-order chi connectivity index (χ1) is 3.48. The first-order valence-electron chi connectivity index (χ1n) is 2.06. The molecule has 0 saturated heterocycles. The van der Waals surface area contributed by atoms with Crippen molar-refractivity contribution in [1.29, 1.82) is 0 Å². The van der Waals surface area contributed by atoms with Crippen molar-refractivity contribution in [3.63, 3.8) is 0 Å². The number of hydrogen-bond donors (Lipinski definition) is 2. The lowest BCUT2D eigenvalue weighted by Crippen LogP contribution is -2.32. The lowest BCUT2D eigenvalue weighted by atomic mass is 10.1. The summed E-state index contributed by atoms with van der Waals surface area (Å²) in [6.07, 6.45) is 0. The Hall–Kier alpha value is -0.610. The Morgan fingerprint density at radius 3 is 2.00 bits per heavy atom. The summed E-state index contributed by atoms with van der Waals surface area (Å²) in [6.45, 7) is 2.43. The Morgan fingerprint density at radius 2 is 2.00 bits per heavy atom. The smallest absolute Gasteiger partial charge is 0.372 e. The standard InChI is InChI=1S/C4H8O4/c1-4(2,6)3(5)8-7/h6-7H,1-2H3. The van der Waals surface area contributed by atoms with Crippen LogP contribution in [0.1, 0.15) is 13.8 Å². The van der Waals surface area contributed by atoms with E-state index in [-0.39, 0.29) is 0 Å². The topological polar surface area (TPSA) is 66.8 Å². The Labute approximate surface area is 46.6 Å². The third-order valence-corrected chi connectivity index (χ3v) is 0.582. The van der Waals surface area contributed by atoms with Crippen LogP contribution in [0, 0.1) is 0 Å². The molecule has 0 aromatic rings. The predicted molar refractivity (Wildman–Crippen MR) is 25.0 cm³/mol. The molecule has 0 amide bonds. The molecule has 0 spiro atoms. The largest absolute Gasteiger partial charge is 0.379 e. The first kappa shape index (κ1) is 7.39. The monoisotopic (exact) mass is 120 g/mol. The second-order valence-corrected chi connectivity index (χ2v) is 1.94. The predicted octanol–water partition coefficient (Wildman–Crippen LogP) is -0.226. The maximum Gasteiger partial charge on any atom is 0.372 e. The SMILES string of the molecule is CC(C)(O)C(=O)OO. The highest BCUT2D eigenvalue weighted by Crippen LogP contribution is 2.01. The van der Waals surface area contributed by atoms with E-state index in [0.29, 0.717) is 0 Å². The minimum Gasteiger partial charge on any atom is -0.379 e. The van der Waals surface area contributed by atoms with Gasteiger partial charge in [0.15, 0.2) is 5.60 Å². The van der Waals surface area contributed by atoms with Crippen molar-refractivity contribution in [3.8, 4) is 0 Å². The van der Waals surface area contributed by atoms with E-state index in [4.69, 9.17) is 10.4 Å². The highest BCUT2D eigenvalue weighted by Gasteiger charge is 2.25. The molecule has 8 heavy (non-hydrogen) atoms. The van der Waals surface area contributed by atoms with Gasteiger partial charge in [-0.05, 0) is 13.8 Å². The molecule has 2 N–H and O–H groups in total. The van der Waals surface area contributed by atoms with Crippen LogP contribution in [0.5, 0.6) is 0 Å². The summed E-state index contributed by atoms with van der Waals surface area (Å²) in [5, 5.41) is 16.3. The number of rotatable bonds is 1. The quantitative estimate of drug-likeness (QED) is 0.370. The van der Waals surface area contributed by atoms with Gasteiger partial charge in [-0.15, -0.1) is 0 Å². The molecule has 0 atom stereocenters. The molecule has 0 bridgehead atoms. The number of carbonyl (C=O) groups is 1. The Morgan fingerprint density at radius 1 is 1.62 bits per heavy atom. The Balaban J connectivity index is 3.82. The summed E-state index contributed by atoms with van der Waals surface area (Å²) in [7, 11) is 0. The van der Waals surface area contributed by atoms with Crippen molar-refractivity contribution in [3.05, 3.63) is 0 Å². The van der Waals surface area contributed by atoms with Crippen LogP contribution >= 0.6 is 0 Å². The zero-order valence-corrected chi connectivity index (χ0v) is 4.71. The molecule has 48 valence electrons. The van der Waals surface area contributed by atoms with E-state index < -0.39 is 11.6 Å². The van der Waals surface area contributed by atoms with Crippen LogP contribution in [0.3, 0.4) is 0 Å². The fourth-order valence-corrected chi connectivity index (χ4v) is 0.112. The normalized spacial score (nSPS) is 11.0. The van der Waals surface area contributed by atoms with Crippen LogP contribution in [0.2, 0.25) is 0 Å². The molecule has 0 aliphatic carbocycles. The van der Waals surface area contributed by atoms with Gasteiger partial charge in [0.2, 0.25) is 0 Å². The molecule has 0 aromatic heterocycles. The lowest BCUT2D eigenvalue weighted by molar-refractivity contribution is -0.249. The van der Waals surface area contributed by atoms with Crippen LogP contribution in [0.4, 0.5) is 0 Å². The van der Waals surface area contributed by atoms with E-state index in [2.05, 4.69) is 4.89 Å². The molecule has 0 unspecified atom stereocenters. The average Bonchev–Trinajstić information content (AvgIpc) is 1.62. The zero-order valence-electron chi connectivity index (χ0n) is 4.71. The first-order valence-corrected chi connectivity index (χ1v) is 2.06. The van der Waals surface area contributed by atoms with Crippen molar-refractivity contribution < 1.29 is 20.0 Å². The van der Waals surface area contributed by atoms with Gasteiger partial charge in [-0.3, -0.25) is 4.89 Å². The summed E-state index contributed by atoms with van der Waals surface area (Å²) in [6, 6.07) is 0. The molecule has 4 nitrogen and oxygen atoms in total. The highest BCUT2D eigenvalue weighted by molar-refractivity contribution is 5.77. The fraction of sp³-hybridized carbons (Fsp3) is 0.750. The van der Waals surface area contributed by atoms with Gasteiger partial charge in [-0.1, -0.05) is 0 Å². The number of hydrogen-bond acceptors (Lipinski definition) is 4. The van der Waals surface area contributed by atoms with E-state index in [1.165, 1.54) is 13.8 Å². The van der Waals surface area contributed by atoms with Crippen molar-refractivity contribution in [1.82, 2.24) is 0 Å². The van der Waals surface area contributed by atoms with Crippen molar-refractivity contribution in [2.45, 2.75) is 19.4 Å². The van der Waals surface area contributed by atoms with E-state index in [9.17, 15) is 4.79 Å². The van der Waals surface area contributed by atoms with Gasteiger partial charge in [0.1, 0.15) is 0 Å². The van der Waals surface area contributed by atoms with Gasteiger partial charge in [0.05, 0.1) is 0 Å². The molecule has 0 saturated carbocycles. The molecular formula is C4H8O4. The van der Waals surface area contributed by atoms with Gasteiger partial charge in [-0.2, -0.15) is 5.26 Å². The van der Waals surface area contributed by atoms with Crippen molar-refractivity contribution in [2.24, 2.45) is 0 Å². The third-order valence-electron chi connectivity index (χ3n) is 0.582. The summed E-state index contributed by atoms with van der Waals surface area (Å²) < 4.78 is 0. The zero-order chi connectivity index (χ0) is 6.78. The van der Waals surface area contributed by atoms with Crippen molar-refractivity contribution in [2.75, 3.05) is 0 Å². The minimum absolute atomic E-state index is 1.06. The molecule has 0 fully saturated rings. The molecular weight excluding hydrogens is 112 g/mol. The van der Waals surface area contributed by atoms with Crippen LogP contribution in [-0.4, -0.2) is 21.9 Å². The Kier molecular flexibility index (Phi) is 1.94. The summed E-state index contributed by atoms with van der Waals surface area (Å²) >= 11 is 0. The maximum atomic E-state index is 10.1. The number of aliphatic hydroxyl groups is 1. The molecule has 0 aliphatic rings. The van der Waals surface area contributed by atoms with E-state index in [1.807, 2.05) is 0 Å². The second kappa shape index (κ2) is 2.11. The summed E-state index contributed by atoms with van der Waals surface area (Å²) in [4.78, 5) is 13.3. The lowest BCUT2D eigenvalue weighted by Gasteiger charge is -2.10. The van der Waals surface area contributed by atoms with E-state index in [0.717, 1.165) is 0 Å². The molecule has 0 aliphatic heterocycles. The molecule has 0 radical (unpaired) electrons. The molecule has 0 aromatic carbocycles. The minimum atomic E-state index is -1.60. The van der Waals surface area contributed by atoms with Crippen molar-refractivity contribution >= 4 is 5.97 Å². The van der Waals surface area contributed by atoms with Crippen LogP contribution in [0.25, 0.3) is 0 Å². The Bertz CT molecular complexity index is 90.7. The fourth-order valence-electron chi connectivity index (χ4n) is 0.112. The molecule has 0 rings (SSSR count). The van der Waals surface area contributed by atoms with Gasteiger partial charge in [0, 0.05) is 0 Å². The van der Waals surface area contributed by atoms with E-state index in [1.54, 1.807) is 0 Å². The highest BCUT2D eigenvalue weighted by atomic mass is 17.1. The third kappa shape index (κ3) is 1.90. The second-order valence-electron chi connectivity index (χ2n) is 1.94. The molecule has 4 heteroatoms. The van der Waals surface area contributed by atoms with Crippen LogP contribution < -0.4 is 0 Å². The summed E-state index contributed by atoms with van der Waals surface area (Å²) in [5.74, 6) is -1.06. The number of carbonyl (C=O) groups excluding carboxylic acids is 1. The average molecular weight is 120 g/mol. The van der Waals surface area contributed by atoms with Gasteiger partial charge in [-0.25, -0.2) is 4.79 Å². The summed E-state index contributed by atoms with van der Waals surface area (Å²) in [5.41, 5.74) is -1.60. The van der Waals surface area contributed by atoms with Gasteiger partial charge in [0.25, 0.3) is 0 Å². The molecule has 0 heterocycles. The maximum absolute atomic E-state index is 10.1. The van der Waals surface area contributed by atoms with Gasteiger partial charge < -0.3 is 5.11 Å².